The van der Waals surface area contributed by atoms with Gasteiger partial charge in [-0.1, -0.05) is 60.7 Å². The van der Waals surface area contributed by atoms with Gasteiger partial charge in [0.2, 0.25) is 5.91 Å². The van der Waals surface area contributed by atoms with Crippen LogP contribution in [-0.2, 0) is 27.1 Å². The summed E-state index contributed by atoms with van der Waals surface area (Å²) in [6.07, 6.45) is 3.51. The van der Waals surface area contributed by atoms with E-state index in [-0.39, 0.29) is 35.9 Å². The van der Waals surface area contributed by atoms with Crippen molar-refractivity contribution in [1.82, 2.24) is 10.6 Å². The molecule has 2 fully saturated rings. The molecule has 1 saturated heterocycles. The Morgan fingerprint density at radius 1 is 1.07 bits per heavy atom. The summed E-state index contributed by atoms with van der Waals surface area (Å²) in [5.74, 6) is -0.00219. The first-order valence-electron chi connectivity index (χ1n) is 11.0. The van der Waals surface area contributed by atoms with Crippen molar-refractivity contribution < 1.29 is 14.3 Å². The molecule has 1 aliphatic heterocycles. The molecule has 4 rings (SSSR count). The molecule has 2 aliphatic rings. The lowest BCUT2D eigenvalue weighted by atomic mass is 9.99. The van der Waals surface area contributed by atoms with Gasteiger partial charge in [-0.2, -0.15) is 0 Å². The highest BCUT2D eigenvalue weighted by Gasteiger charge is 2.68. The minimum Gasteiger partial charge on any atom is -0.364 e. The quantitative estimate of drug-likeness (QED) is 0.443. The lowest BCUT2D eigenvalue weighted by molar-refractivity contribution is -0.125. The smallest absolute Gasteiger partial charge is 0.237 e. The van der Waals surface area contributed by atoms with Crippen LogP contribution in [0.5, 0.6) is 0 Å². The van der Waals surface area contributed by atoms with Crippen LogP contribution in [0.2, 0.25) is 0 Å². The SMILES string of the molecule is CCOC(C)NC(Cc1ccccc1)C(=O)NC(Cc1ccccc1)C1OC12CC2. The molecule has 1 amide bonds. The number of epoxide rings is 1. The second-order valence-corrected chi connectivity index (χ2v) is 8.41. The van der Waals surface area contributed by atoms with Crippen LogP contribution >= 0.6 is 0 Å². The zero-order valence-electron chi connectivity index (χ0n) is 17.8. The lowest BCUT2D eigenvalue weighted by Crippen LogP contribution is -2.53. The van der Waals surface area contributed by atoms with E-state index in [0.717, 1.165) is 24.8 Å². The number of rotatable bonds is 11. The predicted molar refractivity (Wildman–Crippen MR) is 117 cm³/mol. The minimum absolute atomic E-state index is 0.00219. The first kappa shape index (κ1) is 21.0. The van der Waals surface area contributed by atoms with Gasteiger partial charge in [-0.05, 0) is 50.7 Å². The Balaban J connectivity index is 1.46. The number of amides is 1. The summed E-state index contributed by atoms with van der Waals surface area (Å²) in [7, 11) is 0. The maximum absolute atomic E-state index is 13.4. The molecule has 2 aromatic carbocycles. The summed E-state index contributed by atoms with van der Waals surface area (Å²) < 4.78 is 11.7. The normalized spacial score (nSPS) is 21.6. The molecule has 0 radical (unpaired) electrons. The third-order valence-electron chi connectivity index (χ3n) is 6.01. The summed E-state index contributed by atoms with van der Waals surface area (Å²) in [6.45, 7) is 4.50. The Morgan fingerprint density at radius 3 is 2.20 bits per heavy atom. The molecule has 5 heteroatoms. The maximum atomic E-state index is 13.4. The Morgan fingerprint density at radius 2 is 1.67 bits per heavy atom. The number of hydrogen-bond donors (Lipinski definition) is 2. The molecule has 2 N–H and O–H groups in total. The third-order valence-corrected chi connectivity index (χ3v) is 6.01. The van der Waals surface area contributed by atoms with Crippen molar-refractivity contribution in [3.05, 3.63) is 71.8 Å². The molecule has 30 heavy (non-hydrogen) atoms. The molecule has 4 atom stereocenters. The first-order chi connectivity index (χ1) is 14.6. The van der Waals surface area contributed by atoms with Gasteiger partial charge in [-0.15, -0.1) is 0 Å². The molecule has 4 unspecified atom stereocenters. The Kier molecular flexibility index (Phi) is 6.52. The van der Waals surface area contributed by atoms with Crippen LogP contribution in [0.4, 0.5) is 0 Å². The predicted octanol–water partition coefficient (Wildman–Crippen LogP) is 3.23. The molecule has 1 heterocycles. The van der Waals surface area contributed by atoms with Gasteiger partial charge in [0.1, 0.15) is 12.3 Å². The van der Waals surface area contributed by atoms with Crippen molar-refractivity contribution in [2.75, 3.05) is 6.61 Å². The largest absolute Gasteiger partial charge is 0.364 e. The summed E-state index contributed by atoms with van der Waals surface area (Å²) in [5, 5.41) is 6.66. The fraction of sp³-hybridized carbons (Fsp3) is 0.480. The van der Waals surface area contributed by atoms with Gasteiger partial charge in [-0.3, -0.25) is 10.1 Å². The number of carbonyl (C=O) groups excluding carboxylic acids is 1. The van der Waals surface area contributed by atoms with Crippen LogP contribution in [0.1, 0.15) is 37.8 Å². The van der Waals surface area contributed by atoms with E-state index >= 15 is 0 Å². The molecule has 0 aromatic heterocycles. The Hall–Kier alpha value is -2.21. The summed E-state index contributed by atoms with van der Waals surface area (Å²) >= 11 is 0. The second kappa shape index (κ2) is 9.29. The van der Waals surface area contributed by atoms with Crippen molar-refractivity contribution in [2.45, 2.75) is 69.5 Å². The highest BCUT2D eigenvalue weighted by molar-refractivity contribution is 5.82. The van der Waals surface area contributed by atoms with E-state index in [1.807, 2.05) is 50.2 Å². The first-order valence-corrected chi connectivity index (χ1v) is 11.0. The van der Waals surface area contributed by atoms with Crippen LogP contribution in [0.3, 0.4) is 0 Å². The summed E-state index contributed by atoms with van der Waals surface area (Å²) in [5.41, 5.74) is 2.37. The summed E-state index contributed by atoms with van der Waals surface area (Å²) in [6, 6.07) is 20.0. The van der Waals surface area contributed by atoms with E-state index in [2.05, 4.69) is 34.9 Å². The van der Waals surface area contributed by atoms with Crippen molar-refractivity contribution in [3.63, 3.8) is 0 Å². The number of hydrogen-bond acceptors (Lipinski definition) is 4. The molecule has 160 valence electrons. The van der Waals surface area contributed by atoms with E-state index in [1.54, 1.807) is 0 Å². The molecular weight excluding hydrogens is 376 g/mol. The van der Waals surface area contributed by atoms with Crippen molar-refractivity contribution in [3.8, 4) is 0 Å². The highest BCUT2D eigenvalue weighted by Crippen LogP contribution is 2.58. The fourth-order valence-corrected chi connectivity index (χ4v) is 4.24. The van der Waals surface area contributed by atoms with Gasteiger partial charge in [0.25, 0.3) is 0 Å². The van der Waals surface area contributed by atoms with Crippen LogP contribution in [0.15, 0.2) is 60.7 Å². The molecule has 5 nitrogen and oxygen atoms in total. The van der Waals surface area contributed by atoms with Crippen molar-refractivity contribution in [1.29, 1.82) is 0 Å². The van der Waals surface area contributed by atoms with Crippen LogP contribution in [0, 0.1) is 0 Å². The second-order valence-electron chi connectivity index (χ2n) is 8.41. The van der Waals surface area contributed by atoms with Gasteiger partial charge < -0.3 is 14.8 Å². The van der Waals surface area contributed by atoms with E-state index in [4.69, 9.17) is 9.47 Å². The van der Waals surface area contributed by atoms with Gasteiger partial charge in [-0.25, -0.2) is 0 Å². The van der Waals surface area contributed by atoms with Crippen LogP contribution in [0.25, 0.3) is 0 Å². The maximum Gasteiger partial charge on any atom is 0.237 e. The average Bonchev–Trinajstić information content (AvgIpc) is 3.68. The van der Waals surface area contributed by atoms with Crippen molar-refractivity contribution >= 4 is 5.91 Å². The molecule has 1 aliphatic carbocycles. The number of ether oxygens (including phenoxy) is 2. The van der Waals surface area contributed by atoms with Crippen molar-refractivity contribution in [2.24, 2.45) is 0 Å². The van der Waals surface area contributed by atoms with Gasteiger partial charge in [0.05, 0.1) is 17.7 Å². The van der Waals surface area contributed by atoms with E-state index in [0.29, 0.717) is 13.0 Å². The monoisotopic (exact) mass is 408 g/mol. The lowest BCUT2D eigenvalue weighted by Gasteiger charge is -2.26. The minimum atomic E-state index is -0.374. The fourth-order valence-electron chi connectivity index (χ4n) is 4.24. The molecular formula is C25H32N2O3. The van der Waals surface area contributed by atoms with Gasteiger partial charge in [0.15, 0.2) is 0 Å². The number of carbonyl (C=O) groups is 1. The zero-order chi connectivity index (χ0) is 21.0. The highest BCUT2D eigenvalue weighted by atomic mass is 16.6. The number of nitrogens with one attached hydrogen (secondary N) is 2. The average molecular weight is 409 g/mol. The standard InChI is InChI=1S/C25H32N2O3/c1-3-29-18(2)26-22(17-20-12-8-5-9-13-20)24(28)27-21(23-25(30-23)14-15-25)16-19-10-6-4-7-11-19/h4-13,18,21-23,26H,3,14-17H2,1-2H3,(H,27,28). The molecule has 2 aromatic rings. The van der Waals surface area contributed by atoms with Crippen LogP contribution < -0.4 is 10.6 Å². The molecule has 1 spiro atoms. The van der Waals surface area contributed by atoms with E-state index < -0.39 is 0 Å². The Labute approximate surface area is 179 Å². The van der Waals surface area contributed by atoms with E-state index in [1.165, 1.54) is 5.56 Å². The summed E-state index contributed by atoms with van der Waals surface area (Å²) in [4.78, 5) is 13.4. The van der Waals surface area contributed by atoms with Crippen LogP contribution in [-0.4, -0.2) is 42.5 Å². The van der Waals surface area contributed by atoms with Gasteiger partial charge >= 0.3 is 0 Å². The zero-order valence-corrected chi connectivity index (χ0v) is 17.8. The topological polar surface area (TPSA) is 62.9 Å². The number of benzene rings is 2. The molecule has 1 saturated carbocycles. The van der Waals surface area contributed by atoms with E-state index in [9.17, 15) is 4.79 Å². The molecule has 0 bridgehead atoms. The Bertz CT molecular complexity index is 823. The van der Waals surface area contributed by atoms with Gasteiger partial charge in [0, 0.05) is 6.61 Å². The third kappa shape index (κ3) is 5.28.